The first-order valence-corrected chi connectivity index (χ1v) is 11.2. The van der Waals surface area contributed by atoms with Gasteiger partial charge in [0.25, 0.3) is 10.0 Å². The van der Waals surface area contributed by atoms with Crippen molar-refractivity contribution in [3.05, 3.63) is 72.2 Å². The number of nitrogens with zero attached hydrogens (tertiary/aromatic N) is 2. The lowest BCUT2D eigenvalue weighted by Crippen LogP contribution is -2.44. The van der Waals surface area contributed by atoms with Gasteiger partial charge in [-0.3, -0.25) is 4.98 Å². The normalized spacial score (nSPS) is 13.0. The topological polar surface area (TPSA) is 101 Å². The van der Waals surface area contributed by atoms with Gasteiger partial charge in [-0.1, -0.05) is 20.8 Å². The minimum atomic E-state index is -4.16. The maximum atomic E-state index is 14.6. The van der Waals surface area contributed by atoms with E-state index < -0.39 is 39.2 Å². The van der Waals surface area contributed by atoms with Crippen molar-refractivity contribution in [2.75, 3.05) is 0 Å². The summed E-state index contributed by atoms with van der Waals surface area (Å²) >= 11 is 0. The quantitative estimate of drug-likeness (QED) is 0.568. The van der Waals surface area contributed by atoms with Gasteiger partial charge in [-0.25, -0.2) is 26.0 Å². The zero-order chi connectivity index (χ0) is 23.7. The Morgan fingerprint density at radius 2 is 1.94 bits per heavy atom. The molecule has 0 bridgehead atoms. The van der Waals surface area contributed by atoms with Crippen LogP contribution >= 0.6 is 0 Å². The molecular weight excluding hydrogens is 440 g/mol. The standard InChI is InChI=1S/C22H23F2N3O4S/c1-22(2,3)20(26-21(28)29)10-14-9-19(17-7-6-15(23)11-18(17)24)27(13-14)32(30,31)16-5-4-8-25-12-16/h4-9,11-13,20,26H,10H2,1-3H3,(H,28,29). The Bertz CT molecular complexity index is 1240. The van der Waals surface area contributed by atoms with E-state index in [0.29, 0.717) is 11.6 Å². The largest absolute Gasteiger partial charge is 0.465 e. The number of carboxylic acid groups (broad SMARTS) is 1. The number of amides is 1. The molecule has 0 aliphatic carbocycles. The summed E-state index contributed by atoms with van der Waals surface area (Å²) in [6.45, 7) is 5.53. The third kappa shape index (κ3) is 4.96. The van der Waals surface area contributed by atoms with Crippen LogP contribution in [0.25, 0.3) is 11.3 Å². The molecular formula is C22H23F2N3O4S. The van der Waals surface area contributed by atoms with Gasteiger partial charge in [0.05, 0.1) is 5.69 Å². The highest BCUT2D eigenvalue weighted by molar-refractivity contribution is 7.90. The Morgan fingerprint density at radius 1 is 1.22 bits per heavy atom. The minimum absolute atomic E-state index is 0.00987. The van der Waals surface area contributed by atoms with Gasteiger partial charge in [-0.05, 0) is 47.7 Å². The lowest BCUT2D eigenvalue weighted by atomic mass is 9.83. The van der Waals surface area contributed by atoms with Gasteiger partial charge in [0.15, 0.2) is 0 Å². The average molecular weight is 464 g/mol. The van der Waals surface area contributed by atoms with E-state index in [1.54, 1.807) is 0 Å². The van der Waals surface area contributed by atoms with Crippen LogP contribution in [0.3, 0.4) is 0 Å². The van der Waals surface area contributed by atoms with E-state index in [9.17, 15) is 27.1 Å². The summed E-state index contributed by atoms with van der Waals surface area (Å²) in [6.07, 6.45) is 2.86. The number of benzene rings is 1. The van der Waals surface area contributed by atoms with E-state index in [4.69, 9.17) is 0 Å². The third-order valence-electron chi connectivity index (χ3n) is 5.02. The van der Waals surface area contributed by atoms with Crippen LogP contribution in [0, 0.1) is 17.0 Å². The molecule has 170 valence electrons. The van der Waals surface area contributed by atoms with Gasteiger partial charge in [0, 0.05) is 36.3 Å². The molecule has 0 spiro atoms. The van der Waals surface area contributed by atoms with Crippen molar-refractivity contribution in [1.82, 2.24) is 14.3 Å². The Hall–Kier alpha value is -3.27. The lowest BCUT2D eigenvalue weighted by molar-refractivity contribution is 0.174. The van der Waals surface area contributed by atoms with Crippen LogP contribution in [0.4, 0.5) is 13.6 Å². The fourth-order valence-corrected chi connectivity index (χ4v) is 4.63. The van der Waals surface area contributed by atoms with E-state index in [-0.39, 0.29) is 22.6 Å². The van der Waals surface area contributed by atoms with Crippen molar-refractivity contribution in [3.8, 4) is 11.3 Å². The summed E-state index contributed by atoms with van der Waals surface area (Å²) in [5.41, 5.74) is -0.137. The van der Waals surface area contributed by atoms with Gasteiger partial charge < -0.3 is 10.4 Å². The van der Waals surface area contributed by atoms with Crippen LogP contribution < -0.4 is 5.32 Å². The molecule has 0 saturated carbocycles. The first-order chi connectivity index (χ1) is 14.9. The minimum Gasteiger partial charge on any atom is -0.465 e. The third-order valence-corrected chi connectivity index (χ3v) is 6.68. The Kier molecular flexibility index (Phi) is 6.36. The molecule has 2 heterocycles. The SMILES string of the molecule is CC(C)(C)C(Cc1cc(-c2ccc(F)cc2F)n(S(=O)(=O)c2cccnc2)c1)NC(=O)O. The summed E-state index contributed by atoms with van der Waals surface area (Å²) in [5, 5.41) is 11.6. The number of carbonyl (C=O) groups is 1. The van der Waals surface area contributed by atoms with Gasteiger partial charge in [0.2, 0.25) is 0 Å². The molecule has 0 aliphatic heterocycles. The van der Waals surface area contributed by atoms with Crippen molar-refractivity contribution in [2.24, 2.45) is 5.41 Å². The van der Waals surface area contributed by atoms with Crippen molar-refractivity contribution in [2.45, 2.75) is 38.1 Å². The number of pyridine rings is 1. The molecule has 0 fully saturated rings. The molecule has 0 radical (unpaired) electrons. The predicted octanol–water partition coefficient (Wildman–Crippen LogP) is 4.29. The van der Waals surface area contributed by atoms with Gasteiger partial charge in [0.1, 0.15) is 16.5 Å². The fraction of sp³-hybridized carbons (Fsp3) is 0.273. The maximum Gasteiger partial charge on any atom is 0.404 e. The maximum absolute atomic E-state index is 14.6. The van der Waals surface area contributed by atoms with E-state index in [1.807, 2.05) is 20.8 Å². The fourth-order valence-electron chi connectivity index (χ4n) is 3.27. The van der Waals surface area contributed by atoms with Gasteiger partial charge in [-0.2, -0.15) is 0 Å². The molecule has 10 heteroatoms. The molecule has 3 aromatic rings. The molecule has 32 heavy (non-hydrogen) atoms. The molecule has 1 amide bonds. The second-order valence-corrected chi connectivity index (χ2v) is 10.2. The van der Waals surface area contributed by atoms with Crippen LogP contribution in [0.5, 0.6) is 0 Å². The summed E-state index contributed by atoms with van der Waals surface area (Å²) in [4.78, 5) is 15.0. The summed E-state index contributed by atoms with van der Waals surface area (Å²) in [6, 6.07) is 6.60. The molecule has 1 aromatic carbocycles. The summed E-state index contributed by atoms with van der Waals surface area (Å²) in [5.74, 6) is -1.72. The Balaban J connectivity index is 2.17. The first kappa shape index (κ1) is 23.4. The van der Waals surface area contributed by atoms with Crippen molar-refractivity contribution < 1.29 is 27.1 Å². The highest BCUT2D eigenvalue weighted by Crippen LogP contribution is 2.31. The van der Waals surface area contributed by atoms with Crippen molar-refractivity contribution >= 4 is 16.1 Å². The number of halogens is 2. The van der Waals surface area contributed by atoms with E-state index in [0.717, 1.165) is 16.1 Å². The monoisotopic (exact) mass is 463 g/mol. The Labute approximate surface area is 184 Å². The van der Waals surface area contributed by atoms with Crippen LogP contribution in [0.1, 0.15) is 26.3 Å². The van der Waals surface area contributed by atoms with E-state index in [1.165, 1.54) is 36.8 Å². The molecule has 7 nitrogen and oxygen atoms in total. The predicted molar refractivity (Wildman–Crippen MR) is 115 cm³/mol. The highest BCUT2D eigenvalue weighted by Gasteiger charge is 2.29. The lowest BCUT2D eigenvalue weighted by Gasteiger charge is -2.30. The number of nitrogens with one attached hydrogen (secondary N) is 1. The number of rotatable bonds is 6. The van der Waals surface area contributed by atoms with E-state index >= 15 is 0 Å². The van der Waals surface area contributed by atoms with Crippen LogP contribution in [-0.4, -0.2) is 34.6 Å². The second-order valence-electron chi connectivity index (χ2n) is 8.42. The van der Waals surface area contributed by atoms with Crippen molar-refractivity contribution in [1.29, 1.82) is 0 Å². The molecule has 2 N–H and O–H groups in total. The number of aromatic nitrogens is 2. The summed E-state index contributed by atoms with van der Waals surface area (Å²) < 4.78 is 55.6. The van der Waals surface area contributed by atoms with Crippen LogP contribution in [0.15, 0.2) is 59.9 Å². The Morgan fingerprint density at radius 3 is 2.50 bits per heavy atom. The van der Waals surface area contributed by atoms with Crippen LogP contribution in [0.2, 0.25) is 0 Å². The van der Waals surface area contributed by atoms with Gasteiger partial charge >= 0.3 is 6.09 Å². The molecule has 2 aromatic heterocycles. The molecule has 0 saturated heterocycles. The molecule has 3 rings (SSSR count). The zero-order valence-corrected chi connectivity index (χ0v) is 18.5. The number of hydrogen-bond donors (Lipinski definition) is 2. The molecule has 0 aliphatic rings. The second kappa shape index (κ2) is 8.70. The average Bonchev–Trinajstić information content (AvgIpc) is 3.11. The first-order valence-electron chi connectivity index (χ1n) is 9.71. The smallest absolute Gasteiger partial charge is 0.404 e. The van der Waals surface area contributed by atoms with Crippen LogP contribution in [-0.2, 0) is 16.4 Å². The van der Waals surface area contributed by atoms with Gasteiger partial charge in [-0.15, -0.1) is 0 Å². The van der Waals surface area contributed by atoms with E-state index in [2.05, 4.69) is 10.3 Å². The number of hydrogen-bond acceptors (Lipinski definition) is 4. The molecule has 1 unspecified atom stereocenters. The molecule has 1 atom stereocenters. The summed E-state index contributed by atoms with van der Waals surface area (Å²) in [7, 11) is -4.16. The van der Waals surface area contributed by atoms with Crippen molar-refractivity contribution in [3.63, 3.8) is 0 Å². The zero-order valence-electron chi connectivity index (χ0n) is 17.7. The highest BCUT2D eigenvalue weighted by atomic mass is 32.2.